The fraction of sp³-hybridized carbons (Fsp3) is 0.0952. The molecule has 0 spiro atoms. The summed E-state index contributed by atoms with van der Waals surface area (Å²) >= 11 is 0. The molecule has 6 aromatic carbocycles. The Labute approximate surface area is 302 Å². The summed E-state index contributed by atoms with van der Waals surface area (Å²) in [5.74, 6) is 1.15. The summed E-state index contributed by atoms with van der Waals surface area (Å²) in [6, 6.07) is 45.2. The molecule has 0 saturated carbocycles. The number of hydrogen-bond acceptors (Lipinski definition) is 6. The van der Waals surface area contributed by atoms with Gasteiger partial charge in [-0.05, 0) is 97.5 Å². The van der Waals surface area contributed by atoms with Crippen molar-refractivity contribution in [2.24, 2.45) is 0 Å². The van der Waals surface area contributed by atoms with Gasteiger partial charge in [0.25, 0.3) is 0 Å². The molecule has 2 N–H and O–H groups in total. The summed E-state index contributed by atoms with van der Waals surface area (Å²) in [7, 11) is 0. The van der Waals surface area contributed by atoms with Crippen LogP contribution in [0.1, 0.15) is 24.0 Å². The van der Waals surface area contributed by atoms with E-state index in [2.05, 4.69) is 95.6 Å². The van der Waals surface area contributed by atoms with E-state index in [0.29, 0.717) is 11.5 Å². The number of aryl methyl sites for hydroxylation is 2. The Kier molecular flexibility index (Phi) is 9.31. The van der Waals surface area contributed by atoms with Crippen LogP contribution < -0.4 is 20.4 Å². The van der Waals surface area contributed by atoms with Gasteiger partial charge in [0, 0.05) is 32.9 Å². The smallest absolute Gasteiger partial charge is 0.201 e. The summed E-state index contributed by atoms with van der Waals surface area (Å²) in [5.41, 5.74) is 10.1. The van der Waals surface area contributed by atoms with Crippen LogP contribution in [0.2, 0.25) is 0 Å². The highest BCUT2D eigenvalue weighted by molar-refractivity contribution is 6.06. The second-order valence-corrected chi connectivity index (χ2v) is 12.2. The molecule has 1 aliphatic heterocycles. The van der Waals surface area contributed by atoms with Crippen molar-refractivity contribution in [1.29, 1.82) is 0 Å². The van der Waals surface area contributed by atoms with Crippen LogP contribution in [0.5, 0.6) is 11.5 Å². The second kappa shape index (κ2) is 14.1. The fourth-order valence-electron chi connectivity index (χ4n) is 7.08. The Morgan fingerprint density at radius 1 is 0.400 bits per heavy atom. The number of halogens is 2. The lowest BCUT2D eigenvalue weighted by atomic mass is 9.93. The van der Waals surface area contributed by atoms with Crippen molar-refractivity contribution >= 4 is 91.2 Å². The Morgan fingerprint density at radius 2 is 0.780 bits per heavy atom. The topological polar surface area (TPSA) is 68.3 Å². The molecule has 8 heteroatoms. The lowest BCUT2D eigenvalue weighted by Gasteiger charge is -2.19. The van der Waals surface area contributed by atoms with Crippen molar-refractivity contribution in [3.05, 3.63) is 145 Å². The van der Waals surface area contributed by atoms with Crippen molar-refractivity contribution in [3.63, 3.8) is 0 Å². The van der Waals surface area contributed by atoms with Gasteiger partial charge in [-0.1, -0.05) is 72.8 Å². The molecule has 3 heterocycles. The van der Waals surface area contributed by atoms with Crippen LogP contribution >= 0.6 is 24.8 Å². The van der Waals surface area contributed by atoms with Crippen molar-refractivity contribution in [3.8, 4) is 11.5 Å². The minimum absolute atomic E-state index is 0. The van der Waals surface area contributed by atoms with E-state index in [0.717, 1.165) is 81.3 Å². The molecule has 6 nitrogen and oxygen atoms in total. The van der Waals surface area contributed by atoms with Crippen LogP contribution in [0.3, 0.4) is 0 Å². The fourth-order valence-corrected chi connectivity index (χ4v) is 7.08. The monoisotopic (exact) mass is 696 g/mol. The van der Waals surface area contributed by atoms with Gasteiger partial charge in [-0.15, -0.1) is 24.8 Å². The van der Waals surface area contributed by atoms with Crippen molar-refractivity contribution in [2.75, 3.05) is 10.6 Å². The van der Waals surface area contributed by atoms with E-state index in [1.165, 1.54) is 21.9 Å². The Morgan fingerprint density at radius 3 is 1.26 bits per heavy atom. The number of nitrogens with one attached hydrogen (secondary N) is 2. The number of pyridine rings is 2. The van der Waals surface area contributed by atoms with Gasteiger partial charge in [-0.3, -0.25) is 9.78 Å². The van der Waals surface area contributed by atoms with Crippen molar-refractivity contribution in [1.82, 2.24) is 9.97 Å². The summed E-state index contributed by atoms with van der Waals surface area (Å²) < 4.78 is 0. The highest BCUT2D eigenvalue weighted by Gasteiger charge is 2.18. The van der Waals surface area contributed by atoms with E-state index < -0.39 is 0 Å². The normalized spacial score (nSPS) is 12.8. The first kappa shape index (κ1) is 33.0. The number of hydrogen-bond donors (Lipinski definition) is 2. The molecule has 0 unspecified atom stereocenters. The van der Waals surface area contributed by atoms with Gasteiger partial charge >= 0.3 is 0 Å². The largest absolute Gasteiger partial charge is 0.352 e. The molecule has 0 amide bonds. The standard InChI is InChI=1S/C42H32N4O2.2ClH/c1-2-16-30-28-14-4-6-18-32(28)44-36-22-12-24-38(42(30)36)46-34-20-8-10-26-40(34)48-47-39-25-9-7-19-33(39)45-37-23-11-21-35-41(37)29(15-1)27-13-3-5-17-31(27)43-35;;/h3-14,17-26,45-46H,1-2,15-16H2;2*1H. The number of rotatable bonds is 0. The molecule has 0 bridgehead atoms. The summed E-state index contributed by atoms with van der Waals surface area (Å²) in [6.07, 6.45) is 3.86. The van der Waals surface area contributed by atoms with Gasteiger partial charge in [-0.25, -0.2) is 9.97 Å². The third-order valence-electron chi connectivity index (χ3n) is 9.27. The number of benzene rings is 6. The molecule has 9 rings (SSSR count). The Balaban J connectivity index is 0.00000196. The number of nitrogens with zero attached hydrogens (tertiary/aromatic N) is 2. The quantitative estimate of drug-likeness (QED) is 0.121. The predicted octanol–water partition coefficient (Wildman–Crippen LogP) is 11.7. The van der Waals surface area contributed by atoms with Gasteiger partial charge < -0.3 is 10.6 Å². The molecular weight excluding hydrogens is 663 g/mol. The predicted molar refractivity (Wildman–Crippen MR) is 210 cm³/mol. The molecule has 8 aromatic rings. The van der Waals surface area contributed by atoms with Crippen LogP contribution in [-0.4, -0.2) is 9.97 Å². The zero-order valence-electron chi connectivity index (χ0n) is 27.1. The maximum absolute atomic E-state index is 6.08. The molecule has 50 heavy (non-hydrogen) atoms. The lowest BCUT2D eigenvalue weighted by Crippen LogP contribution is -2.06. The lowest BCUT2D eigenvalue weighted by molar-refractivity contribution is -0.0984. The molecule has 0 saturated heterocycles. The summed E-state index contributed by atoms with van der Waals surface area (Å²) in [6.45, 7) is 0. The first-order valence-electron chi connectivity index (χ1n) is 16.5. The van der Waals surface area contributed by atoms with Crippen LogP contribution in [0.15, 0.2) is 133 Å². The zero-order valence-corrected chi connectivity index (χ0v) is 28.7. The Hall–Kier alpha value is -5.56. The number of anilines is 4. The van der Waals surface area contributed by atoms with Crippen molar-refractivity contribution < 1.29 is 9.78 Å². The Bertz CT molecular complexity index is 2330. The van der Waals surface area contributed by atoms with E-state index in [1.54, 1.807) is 0 Å². The van der Waals surface area contributed by atoms with Gasteiger partial charge in [-0.2, -0.15) is 0 Å². The van der Waals surface area contributed by atoms with Crippen molar-refractivity contribution in [2.45, 2.75) is 25.7 Å². The van der Waals surface area contributed by atoms with E-state index in [-0.39, 0.29) is 24.8 Å². The molecule has 1 aliphatic rings. The van der Waals surface area contributed by atoms with Crippen LogP contribution in [0.25, 0.3) is 43.6 Å². The van der Waals surface area contributed by atoms with Crippen LogP contribution in [0.4, 0.5) is 22.7 Å². The first-order valence-corrected chi connectivity index (χ1v) is 16.5. The van der Waals surface area contributed by atoms with Crippen LogP contribution in [0, 0.1) is 0 Å². The molecule has 0 fully saturated rings. The van der Waals surface area contributed by atoms with Gasteiger partial charge in [0.1, 0.15) is 0 Å². The maximum atomic E-state index is 6.08. The molecule has 0 atom stereocenters. The molecule has 0 radical (unpaired) electrons. The maximum Gasteiger partial charge on any atom is 0.201 e. The minimum atomic E-state index is 0. The summed E-state index contributed by atoms with van der Waals surface area (Å²) in [5, 5.41) is 12.0. The van der Waals surface area contributed by atoms with E-state index in [1.807, 2.05) is 48.5 Å². The van der Waals surface area contributed by atoms with E-state index >= 15 is 0 Å². The van der Waals surface area contributed by atoms with E-state index in [4.69, 9.17) is 19.7 Å². The van der Waals surface area contributed by atoms with Gasteiger partial charge in [0.2, 0.25) is 11.5 Å². The average Bonchev–Trinajstić information content (AvgIpc) is 3.12. The first-order chi connectivity index (χ1) is 23.8. The number of fused-ring (bicyclic) bond motifs is 6. The summed E-state index contributed by atoms with van der Waals surface area (Å²) in [4.78, 5) is 22.3. The molecule has 248 valence electrons. The van der Waals surface area contributed by atoms with E-state index in [9.17, 15) is 0 Å². The highest BCUT2D eigenvalue weighted by atomic mass is 35.5. The number of para-hydroxylation sites is 6. The van der Waals surface area contributed by atoms with Gasteiger partial charge in [0.15, 0.2) is 0 Å². The highest BCUT2D eigenvalue weighted by Crippen LogP contribution is 2.39. The average molecular weight is 698 g/mol. The zero-order chi connectivity index (χ0) is 31.9. The van der Waals surface area contributed by atoms with Crippen LogP contribution in [-0.2, 0) is 12.8 Å². The van der Waals surface area contributed by atoms with Gasteiger partial charge in [0.05, 0.1) is 33.4 Å². The third kappa shape index (κ3) is 5.98. The second-order valence-electron chi connectivity index (χ2n) is 12.2. The number of aromatic nitrogens is 2. The molecule has 2 aromatic heterocycles. The minimum Gasteiger partial charge on any atom is -0.352 e. The molecular formula is C42H34Cl2N4O2. The SMILES string of the molecule is Cl.Cl.c1ccc2c(c1)Nc1cccc3nc4ccccc4c(c13)CCCCc1c3ccccc3nc3cccc(c13)Nc1ccccc1OO2. The third-order valence-corrected chi connectivity index (χ3v) is 9.27. The molecule has 0 aliphatic carbocycles.